The lowest BCUT2D eigenvalue weighted by molar-refractivity contribution is 0.0739. The van der Waals surface area contributed by atoms with Crippen LogP contribution < -0.4 is 16.0 Å². The maximum Gasteiger partial charge on any atom is 0.268 e. The molecule has 3 heterocycles. The van der Waals surface area contributed by atoms with E-state index < -0.39 is 0 Å². The van der Waals surface area contributed by atoms with Gasteiger partial charge in [-0.15, -0.1) is 0 Å². The van der Waals surface area contributed by atoms with E-state index in [2.05, 4.69) is 22.1 Å². The van der Waals surface area contributed by atoms with E-state index in [4.69, 9.17) is 5.73 Å². The standard InChI is InChI=1S/C14H23N5OS/c1-2-10-4-3-7-19(10)13(20)11-12(15)17-14(21-11)18-8-5-16-6-9-18/h10,16H,2-9,15H2,1H3. The van der Waals surface area contributed by atoms with Crippen molar-refractivity contribution >= 4 is 28.2 Å². The molecule has 0 bridgehead atoms. The Morgan fingerprint density at radius 1 is 1.43 bits per heavy atom. The molecule has 1 atom stereocenters. The highest BCUT2D eigenvalue weighted by Crippen LogP contribution is 2.32. The fraction of sp³-hybridized carbons (Fsp3) is 0.714. The Morgan fingerprint density at radius 3 is 2.90 bits per heavy atom. The fourth-order valence-electron chi connectivity index (χ4n) is 3.12. The summed E-state index contributed by atoms with van der Waals surface area (Å²) >= 11 is 1.44. The number of nitrogen functional groups attached to an aromatic ring is 1. The molecule has 1 unspecified atom stereocenters. The van der Waals surface area contributed by atoms with Crippen LogP contribution in [0, 0.1) is 0 Å². The molecule has 0 spiro atoms. The van der Waals surface area contributed by atoms with Gasteiger partial charge in [-0.2, -0.15) is 0 Å². The first-order chi connectivity index (χ1) is 10.2. The molecule has 116 valence electrons. The molecule has 3 rings (SSSR count). The van der Waals surface area contributed by atoms with E-state index >= 15 is 0 Å². The van der Waals surface area contributed by atoms with E-state index in [1.807, 2.05) is 4.90 Å². The Labute approximate surface area is 129 Å². The van der Waals surface area contributed by atoms with Gasteiger partial charge in [0.15, 0.2) is 5.13 Å². The van der Waals surface area contributed by atoms with Gasteiger partial charge < -0.3 is 20.9 Å². The third-order valence-electron chi connectivity index (χ3n) is 4.33. The number of hydrogen-bond acceptors (Lipinski definition) is 6. The van der Waals surface area contributed by atoms with Crippen LogP contribution in [0.25, 0.3) is 0 Å². The van der Waals surface area contributed by atoms with Crippen LogP contribution in [0.4, 0.5) is 10.9 Å². The summed E-state index contributed by atoms with van der Waals surface area (Å²) in [6, 6.07) is 0.363. The Bertz CT molecular complexity index is 511. The van der Waals surface area contributed by atoms with Crippen molar-refractivity contribution in [3.05, 3.63) is 4.88 Å². The first-order valence-electron chi connectivity index (χ1n) is 7.73. The number of carbonyl (C=O) groups is 1. The van der Waals surface area contributed by atoms with Gasteiger partial charge in [0.05, 0.1) is 0 Å². The van der Waals surface area contributed by atoms with Gasteiger partial charge in [0.2, 0.25) is 0 Å². The molecule has 21 heavy (non-hydrogen) atoms. The van der Waals surface area contributed by atoms with Gasteiger partial charge in [0.25, 0.3) is 5.91 Å². The highest BCUT2D eigenvalue weighted by Gasteiger charge is 2.31. The lowest BCUT2D eigenvalue weighted by Gasteiger charge is -2.26. The van der Waals surface area contributed by atoms with Gasteiger partial charge in [0.1, 0.15) is 10.7 Å². The molecular weight excluding hydrogens is 286 g/mol. The van der Waals surface area contributed by atoms with Gasteiger partial charge in [-0.3, -0.25) is 4.79 Å². The smallest absolute Gasteiger partial charge is 0.268 e. The van der Waals surface area contributed by atoms with Crippen LogP contribution >= 0.6 is 11.3 Å². The monoisotopic (exact) mass is 309 g/mol. The second-order valence-corrected chi connectivity index (χ2v) is 6.63. The third-order valence-corrected chi connectivity index (χ3v) is 5.45. The summed E-state index contributed by atoms with van der Waals surface area (Å²) in [5.74, 6) is 0.455. The molecule has 6 nitrogen and oxygen atoms in total. The average molecular weight is 309 g/mol. The van der Waals surface area contributed by atoms with Crippen molar-refractivity contribution in [3.8, 4) is 0 Å². The Balaban J connectivity index is 1.78. The van der Waals surface area contributed by atoms with Crippen LogP contribution in [0.5, 0.6) is 0 Å². The first kappa shape index (κ1) is 14.6. The van der Waals surface area contributed by atoms with Crippen LogP contribution in [-0.4, -0.2) is 54.6 Å². The summed E-state index contributed by atoms with van der Waals surface area (Å²) < 4.78 is 0. The van der Waals surface area contributed by atoms with Crippen LogP contribution in [0.2, 0.25) is 0 Å². The van der Waals surface area contributed by atoms with E-state index in [0.717, 1.165) is 57.1 Å². The van der Waals surface area contributed by atoms with Gasteiger partial charge in [-0.1, -0.05) is 18.3 Å². The van der Waals surface area contributed by atoms with E-state index in [1.54, 1.807) is 0 Å². The number of nitrogens with two attached hydrogens (primary N) is 1. The second-order valence-electron chi connectivity index (χ2n) is 5.65. The van der Waals surface area contributed by atoms with Gasteiger partial charge in [0, 0.05) is 38.8 Å². The molecular formula is C14H23N5OS. The number of aromatic nitrogens is 1. The Hall–Kier alpha value is -1.34. The molecule has 2 saturated heterocycles. The normalized spacial score (nSPS) is 22.8. The lowest BCUT2D eigenvalue weighted by atomic mass is 10.2. The van der Waals surface area contributed by atoms with E-state index in [9.17, 15) is 4.79 Å². The minimum atomic E-state index is 0.0655. The van der Waals surface area contributed by atoms with Crippen LogP contribution in [-0.2, 0) is 0 Å². The van der Waals surface area contributed by atoms with Crippen molar-refractivity contribution in [1.82, 2.24) is 15.2 Å². The number of amides is 1. The summed E-state index contributed by atoms with van der Waals surface area (Å²) in [5.41, 5.74) is 6.01. The summed E-state index contributed by atoms with van der Waals surface area (Å²) in [5, 5.41) is 4.19. The Kier molecular flexibility index (Phi) is 4.30. The predicted octanol–water partition coefficient (Wildman–Crippen LogP) is 1.15. The minimum absolute atomic E-state index is 0.0655. The lowest BCUT2D eigenvalue weighted by Crippen LogP contribution is -2.43. The molecule has 7 heteroatoms. The molecule has 1 amide bonds. The summed E-state index contributed by atoms with van der Waals surface area (Å²) in [6.07, 6.45) is 3.20. The Morgan fingerprint density at radius 2 is 2.19 bits per heavy atom. The number of rotatable bonds is 3. The highest BCUT2D eigenvalue weighted by atomic mass is 32.1. The van der Waals surface area contributed by atoms with Crippen molar-refractivity contribution in [1.29, 1.82) is 0 Å². The molecule has 2 fully saturated rings. The maximum absolute atomic E-state index is 12.7. The maximum atomic E-state index is 12.7. The molecule has 0 saturated carbocycles. The predicted molar refractivity (Wildman–Crippen MR) is 86.0 cm³/mol. The SMILES string of the molecule is CCC1CCCN1C(=O)c1sc(N2CCNCC2)nc1N. The van der Waals surface area contributed by atoms with Crippen LogP contribution in [0.1, 0.15) is 35.9 Å². The first-order valence-corrected chi connectivity index (χ1v) is 8.55. The van der Waals surface area contributed by atoms with E-state index in [1.165, 1.54) is 11.3 Å². The third kappa shape index (κ3) is 2.85. The topological polar surface area (TPSA) is 74.5 Å². The molecule has 1 aromatic heterocycles. The molecule has 2 aliphatic heterocycles. The number of thiazole rings is 1. The van der Waals surface area contributed by atoms with Crippen molar-refractivity contribution < 1.29 is 4.79 Å². The average Bonchev–Trinajstić information content (AvgIpc) is 3.13. The van der Waals surface area contributed by atoms with Crippen molar-refractivity contribution in [2.45, 2.75) is 32.2 Å². The van der Waals surface area contributed by atoms with E-state index in [-0.39, 0.29) is 5.91 Å². The largest absolute Gasteiger partial charge is 0.382 e. The van der Waals surface area contributed by atoms with Crippen molar-refractivity contribution in [3.63, 3.8) is 0 Å². The van der Waals surface area contributed by atoms with Crippen molar-refractivity contribution in [2.24, 2.45) is 0 Å². The molecule has 0 radical (unpaired) electrons. The quantitative estimate of drug-likeness (QED) is 0.876. The second kappa shape index (κ2) is 6.19. The number of hydrogen-bond donors (Lipinski definition) is 2. The van der Waals surface area contributed by atoms with Gasteiger partial charge in [-0.05, 0) is 19.3 Å². The molecule has 1 aromatic rings. The van der Waals surface area contributed by atoms with Crippen LogP contribution in [0.3, 0.4) is 0 Å². The zero-order valence-corrected chi connectivity index (χ0v) is 13.3. The fourth-order valence-corrected chi connectivity index (χ4v) is 4.12. The number of likely N-dealkylation sites (tertiary alicyclic amines) is 1. The molecule has 0 aliphatic carbocycles. The van der Waals surface area contributed by atoms with Crippen molar-refractivity contribution in [2.75, 3.05) is 43.4 Å². The molecule has 3 N–H and O–H groups in total. The summed E-state index contributed by atoms with van der Waals surface area (Å²) in [6.45, 7) is 6.72. The number of piperazine rings is 1. The summed E-state index contributed by atoms with van der Waals surface area (Å²) in [4.78, 5) is 21.9. The highest BCUT2D eigenvalue weighted by molar-refractivity contribution is 7.18. The van der Waals surface area contributed by atoms with Gasteiger partial charge in [-0.25, -0.2) is 4.98 Å². The number of anilines is 2. The van der Waals surface area contributed by atoms with Gasteiger partial charge >= 0.3 is 0 Å². The molecule has 0 aromatic carbocycles. The molecule has 2 aliphatic rings. The zero-order chi connectivity index (χ0) is 14.8. The number of nitrogens with one attached hydrogen (secondary N) is 1. The number of nitrogens with zero attached hydrogens (tertiary/aromatic N) is 3. The summed E-state index contributed by atoms with van der Waals surface area (Å²) in [7, 11) is 0. The van der Waals surface area contributed by atoms with Crippen LogP contribution in [0.15, 0.2) is 0 Å². The zero-order valence-electron chi connectivity index (χ0n) is 12.5. The number of carbonyl (C=O) groups excluding carboxylic acids is 1. The minimum Gasteiger partial charge on any atom is -0.382 e. The van der Waals surface area contributed by atoms with E-state index in [0.29, 0.717) is 16.7 Å².